The van der Waals surface area contributed by atoms with Gasteiger partial charge in [0.2, 0.25) is 0 Å². The van der Waals surface area contributed by atoms with Gasteiger partial charge in [-0.25, -0.2) is 0 Å². The van der Waals surface area contributed by atoms with Gasteiger partial charge in [-0.2, -0.15) is 0 Å². The first-order chi connectivity index (χ1) is 6.68. The van der Waals surface area contributed by atoms with Crippen LogP contribution in [0.5, 0.6) is 0 Å². The van der Waals surface area contributed by atoms with Gasteiger partial charge < -0.3 is 10.6 Å². The number of anilines is 1. The van der Waals surface area contributed by atoms with Crippen LogP contribution in [-0.4, -0.2) is 17.6 Å². The maximum absolute atomic E-state index is 5.58. The lowest BCUT2D eigenvalue weighted by Gasteiger charge is -2.23. The average molecular weight is 206 g/mol. The Morgan fingerprint density at radius 2 is 2.29 bits per heavy atom. The molecule has 1 unspecified atom stereocenters. The maximum Gasteiger partial charge on any atom is 0.0924 e. The molecule has 2 N–H and O–H groups in total. The third-order valence-corrected chi connectivity index (χ3v) is 2.80. The lowest BCUT2D eigenvalue weighted by molar-refractivity contribution is 0.714. The molecule has 1 heterocycles. The van der Waals surface area contributed by atoms with E-state index in [1.54, 1.807) is 0 Å². The summed E-state index contributed by atoms with van der Waals surface area (Å²) in [6, 6.07) is 8.95. The molecule has 2 nitrogen and oxygen atoms in total. The lowest BCUT2D eigenvalue weighted by Crippen LogP contribution is -2.36. The van der Waals surface area contributed by atoms with Crippen molar-refractivity contribution in [1.29, 1.82) is 0 Å². The molecule has 3 heteroatoms. The number of benzene rings is 1. The molecular formula is C11H14N2S. The van der Waals surface area contributed by atoms with E-state index in [4.69, 9.17) is 18.0 Å². The third kappa shape index (κ3) is 1.60. The fraction of sp³-hybridized carbons (Fsp3) is 0.364. The molecule has 1 aromatic rings. The smallest absolute Gasteiger partial charge is 0.0924 e. The first kappa shape index (κ1) is 9.46. The van der Waals surface area contributed by atoms with Gasteiger partial charge in [0.15, 0.2) is 0 Å². The van der Waals surface area contributed by atoms with Gasteiger partial charge in [-0.3, -0.25) is 0 Å². The van der Waals surface area contributed by atoms with Crippen LogP contribution in [0.25, 0.3) is 0 Å². The van der Waals surface area contributed by atoms with E-state index in [0.717, 1.165) is 6.42 Å². The lowest BCUT2D eigenvalue weighted by atomic mass is 10.1. The molecule has 1 atom stereocenters. The molecule has 0 saturated heterocycles. The van der Waals surface area contributed by atoms with Crippen molar-refractivity contribution >= 4 is 22.9 Å². The number of fused-ring (bicyclic) bond motifs is 1. The Morgan fingerprint density at radius 1 is 1.57 bits per heavy atom. The van der Waals surface area contributed by atoms with Gasteiger partial charge in [-0.05, 0) is 25.0 Å². The Bertz CT molecular complexity index is 362. The minimum Gasteiger partial charge on any atom is -0.392 e. The second-order valence-corrected chi connectivity index (χ2v) is 4.30. The predicted molar refractivity (Wildman–Crippen MR) is 63.7 cm³/mol. The van der Waals surface area contributed by atoms with Crippen LogP contribution in [0.3, 0.4) is 0 Å². The van der Waals surface area contributed by atoms with Crippen molar-refractivity contribution in [3.05, 3.63) is 29.8 Å². The summed E-state index contributed by atoms with van der Waals surface area (Å²) in [5, 5.41) is 0. The Balaban J connectivity index is 2.30. The second-order valence-electron chi connectivity index (χ2n) is 3.78. The largest absolute Gasteiger partial charge is 0.392 e. The molecule has 0 radical (unpaired) electrons. The van der Waals surface area contributed by atoms with E-state index in [1.807, 2.05) is 0 Å². The molecule has 0 saturated carbocycles. The summed E-state index contributed by atoms with van der Waals surface area (Å²) in [6.45, 7) is 2.89. The standard InChI is InChI=1S/C11H14N2S/c1-8-6-9-4-2-3-5-10(9)13(8)7-11(12)14/h2-5,8H,6-7H2,1H3,(H2,12,14). The summed E-state index contributed by atoms with van der Waals surface area (Å²) < 4.78 is 0. The molecule has 1 aliphatic rings. The van der Waals surface area contributed by atoms with E-state index in [1.165, 1.54) is 11.3 Å². The van der Waals surface area contributed by atoms with Crippen LogP contribution >= 0.6 is 12.2 Å². The Kier molecular flexibility index (Phi) is 2.42. The first-order valence-corrected chi connectivity index (χ1v) is 5.22. The molecular weight excluding hydrogens is 192 g/mol. The Labute approximate surface area is 89.7 Å². The van der Waals surface area contributed by atoms with Crippen LogP contribution in [0.2, 0.25) is 0 Å². The van der Waals surface area contributed by atoms with E-state index >= 15 is 0 Å². The molecule has 0 spiro atoms. The van der Waals surface area contributed by atoms with Crippen LogP contribution in [0, 0.1) is 0 Å². The number of nitrogens with two attached hydrogens (primary N) is 1. The predicted octanol–water partition coefficient (Wildman–Crippen LogP) is 1.72. The van der Waals surface area contributed by atoms with Gasteiger partial charge in [0.1, 0.15) is 0 Å². The number of nitrogens with zero attached hydrogens (tertiary/aromatic N) is 1. The molecule has 1 aliphatic heterocycles. The van der Waals surface area contributed by atoms with Crippen molar-refractivity contribution in [3.8, 4) is 0 Å². The van der Waals surface area contributed by atoms with E-state index in [2.05, 4.69) is 36.1 Å². The normalized spacial score (nSPS) is 19.5. The fourth-order valence-electron chi connectivity index (χ4n) is 2.04. The highest BCUT2D eigenvalue weighted by Crippen LogP contribution is 2.31. The van der Waals surface area contributed by atoms with Gasteiger partial charge in [-0.1, -0.05) is 30.4 Å². The molecule has 1 aromatic carbocycles. The molecule has 0 aliphatic carbocycles. The maximum atomic E-state index is 5.58. The molecule has 0 fully saturated rings. The van der Waals surface area contributed by atoms with E-state index < -0.39 is 0 Å². The van der Waals surface area contributed by atoms with Crippen LogP contribution in [0.4, 0.5) is 5.69 Å². The van der Waals surface area contributed by atoms with Gasteiger partial charge in [-0.15, -0.1) is 0 Å². The van der Waals surface area contributed by atoms with Crippen molar-refractivity contribution < 1.29 is 0 Å². The Morgan fingerprint density at radius 3 is 3.00 bits per heavy atom. The highest BCUT2D eigenvalue weighted by atomic mass is 32.1. The minimum absolute atomic E-state index is 0.508. The monoisotopic (exact) mass is 206 g/mol. The molecule has 2 rings (SSSR count). The fourth-order valence-corrected chi connectivity index (χ4v) is 2.18. The average Bonchev–Trinajstić information content (AvgIpc) is 2.43. The third-order valence-electron chi connectivity index (χ3n) is 2.67. The zero-order valence-electron chi connectivity index (χ0n) is 8.23. The number of para-hydroxylation sites is 1. The second kappa shape index (κ2) is 3.58. The minimum atomic E-state index is 0.508. The molecule has 0 amide bonds. The molecule has 74 valence electrons. The van der Waals surface area contributed by atoms with Crippen LogP contribution in [0.1, 0.15) is 12.5 Å². The van der Waals surface area contributed by atoms with Gasteiger partial charge in [0.25, 0.3) is 0 Å². The van der Waals surface area contributed by atoms with Crippen molar-refractivity contribution in [2.45, 2.75) is 19.4 Å². The zero-order valence-corrected chi connectivity index (χ0v) is 9.05. The summed E-state index contributed by atoms with van der Waals surface area (Å²) in [5.74, 6) is 0. The Hall–Kier alpha value is -1.09. The summed E-state index contributed by atoms with van der Waals surface area (Å²) in [5.41, 5.74) is 8.27. The quantitative estimate of drug-likeness (QED) is 0.747. The topological polar surface area (TPSA) is 29.3 Å². The van der Waals surface area contributed by atoms with Crippen molar-refractivity contribution in [3.63, 3.8) is 0 Å². The summed E-state index contributed by atoms with van der Waals surface area (Å²) in [7, 11) is 0. The number of thiocarbonyl (C=S) groups is 1. The van der Waals surface area contributed by atoms with E-state index in [0.29, 0.717) is 17.6 Å². The summed E-state index contributed by atoms with van der Waals surface area (Å²) >= 11 is 4.95. The van der Waals surface area contributed by atoms with Crippen molar-refractivity contribution in [2.24, 2.45) is 5.73 Å². The summed E-state index contributed by atoms with van der Waals surface area (Å²) in [6.07, 6.45) is 1.10. The molecule has 14 heavy (non-hydrogen) atoms. The zero-order chi connectivity index (χ0) is 10.1. The van der Waals surface area contributed by atoms with Gasteiger partial charge in [0, 0.05) is 11.7 Å². The molecule has 0 aromatic heterocycles. The van der Waals surface area contributed by atoms with Crippen LogP contribution < -0.4 is 10.6 Å². The number of hydrogen-bond donors (Lipinski definition) is 1. The first-order valence-electron chi connectivity index (χ1n) is 4.81. The van der Waals surface area contributed by atoms with Gasteiger partial charge in [0.05, 0.1) is 11.5 Å². The molecule has 0 bridgehead atoms. The van der Waals surface area contributed by atoms with Gasteiger partial charge >= 0.3 is 0 Å². The van der Waals surface area contributed by atoms with E-state index in [-0.39, 0.29) is 0 Å². The highest BCUT2D eigenvalue weighted by Gasteiger charge is 2.25. The van der Waals surface area contributed by atoms with Crippen LogP contribution in [0.15, 0.2) is 24.3 Å². The number of rotatable bonds is 2. The highest BCUT2D eigenvalue weighted by molar-refractivity contribution is 7.80. The van der Waals surface area contributed by atoms with E-state index in [9.17, 15) is 0 Å². The van der Waals surface area contributed by atoms with Crippen molar-refractivity contribution in [1.82, 2.24) is 0 Å². The van der Waals surface area contributed by atoms with Crippen LogP contribution in [-0.2, 0) is 6.42 Å². The SMILES string of the molecule is CC1Cc2ccccc2N1CC(N)=S. The summed E-state index contributed by atoms with van der Waals surface area (Å²) in [4.78, 5) is 2.84. The number of hydrogen-bond acceptors (Lipinski definition) is 2. The van der Waals surface area contributed by atoms with Crippen molar-refractivity contribution in [2.75, 3.05) is 11.4 Å².